The van der Waals surface area contributed by atoms with E-state index < -0.39 is 5.97 Å². The van der Waals surface area contributed by atoms with Gasteiger partial charge in [-0.15, -0.1) is 0 Å². The summed E-state index contributed by atoms with van der Waals surface area (Å²) in [7, 11) is 1.60. The SMILES string of the molecule is CCOC(=O)c1ccc(C(=O)N2CCN(C(=O)Cc3cccc(OC)c3)CC2)nc1C. The summed E-state index contributed by atoms with van der Waals surface area (Å²) in [4.78, 5) is 45.1. The third kappa shape index (κ3) is 5.39. The minimum Gasteiger partial charge on any atom is -0.497 e. The molecule has 0 atom stereocenters. The van der Waals surface area contributed by atoms with E-state index in [1.54, 1.807) is 42.9 Å². The maximum absolute atomic E-state index is 12.8. The molecule has 1 saturated heterocycles. The first-order chi connectivity index (χ1) is 14.9. The molecule has 0 aliphatic carbocycles. The second-order valence-electron chi connectivity index (χ2n) is 7.25. The molecule has 0 radical (unpaired) electrons. The van der Waals surface area contributed by atoms with E-state index in [0.717, 1.165) is 11.3 Å². The van der Waals surface area contributed by atoms with Crippen molar-refractivity contribution in [3.05, 3.63) is 58.9 Å². The summed E-state index contributed by atoms with van der Waals surface area (Å²) in [5, 5.41) is 0. The summed E-state index contributed by atoms with van der Waals surface area (Å²) in [6.07, 6.45) is 0.293. The lowest BCUT2D eigenvalue weighted by Crippen LogP contribution is -2.51. The summed E-state index contributed by atoms with van der Waals surface area (Å²) in [5.74, 6) is 0.0821. The second kappa shape index (κ2) is 10.1. The number of nitrogens with zero attached hydrogens (tertiary/aromatic N) is 3. The molecule has 2 aromatic rings. The molecule has 0 N–H and O–H groups in total. The first kappa shape index (κ1) is 22.3. The molecule has 0 saturated carbocycles. The third-order valence-electron chi connectivity index (χ3n) is 5.21. The lowest BCUT2D eigenvalue weighted by Gasteiger charge is -2.34. The molecule has 1 aromatic heterocycles. The normalized spacial score (nSPS) is 13.6. The highest BCUT2D eigenvalue weighted by atomic mass is 16.5. The smallest absolute Gasteiger partial charge is 0.339 e. The zero-order chi connectivity index (χ0) is 22.4. The standard InChI is InChI=1S/C23H27N3O5/c1-4-31-23(29)19-8-9-20(24-16(19)2)22(28)26-12-10-25(11-13-26)21(27)15-17-6-5-7-18(14-17)30-3/h5-9,14H,4,10-13,15H2,1-3H3. The highest BCUT2D eigenvalue weighted by Crippen LogP contribution is 2.16. The fraction of sp³-hybridized carbons (Fsp3) is 0.391. The Bertz CT molecular complexity index is 967. The maximum Gasteiger partial charge on any atom is 0.339 e. The van der Waals surface area contributed by atoms with Gasteiger partial charge in [-0.25, -0.2) is 9.78 Å². The van der Waals surface area contributed by atoms with Gasteiger partial charge in [0.2, 0.25) is 5.91 Å². The fourth-order valence-corrected chi connectivity index (χ4v) is 3.49. The van der Waals surface area contributed by atoms with Crippen LogP contribution in [0.5, 0.6) is 5.75 Å². The number of benzene rings is 1. The lowest BCUT2D eigenvalue weighted by molar-refractivity contribution is -0.131. The average molecular weight is 425 g/mol. The highest BCUT2D eigenvalue weighted by molar-refractivity contribution is 5.95. The number of carbonyl (C=O) groups is 3. The quantitative estimate of drug-likeness (QED) is 0.659. The average Bonchev–Trinajstić information content (AvgIpc) is 2.78. The monoisotopic (exact) mass is 425 g/mol. The molecule has 0 spiro atoms. The van der Waals surface area contributed by atoms with Gasteiger partial charge in [0.15, 0.2) is 0 Å². The zero-order valence-corrected chi connectivity index (χ0v) is 18.1. The topological polar surface area (TPSA) is 89.0 Å². The molecule has 1 aliphatic heterocycles. The van der Waals surface area contributed by atoms with Crippen LogP contribution >= 0.6 is 0 Å². The predicted octanol–water partition coefficient (Wildman–Crippen LogP) is 2.10. The van der Waals surface area contributed by atoms with E-state index >= 15 is 0 Å². The van der Waals surface area contributed by atoms with Crippen molar-refractivity contribution in [2.45, 2.75) is 20.3 Å². The van der Waals surface area contributed by atoms with Crippen LogP contribution < -0.4 is 4.74 Å². The highest BCUT2D eigenvalue weighted by Gasteiger charge is 2.26. The first-order valence-electron chi connectivity index (χ1n) is 10.3. The van der Waals surface area contributed by atoms with E-state index in [1.165, 1.54) is 0 Å². The summed E-state index contributed by atoms with van der Waals surface area (Å²) in [6.45, 7) is 5.49. The number of aromatic nitrogens is 1. The molecule has 1 aliphatic rings. The first-order valence-corrected chi connectivity index (χ1v) is 10.3. The summed E-state index contributed by atoms with van der Waals surface area (Å²) < 4.78 is 10.2. The van der Waals surface area contributed by atoms with Crippen LogP contribution in [0.4, 0.5) is 0 Å². The van der Waals surface area contributed by atoms with E-state index in [0.29, 0.717) is 43.9 Å². The molecule has 31 heavy (non-hydrogen) atoms. The number of esters is 1. The van der Waals surface area contributed by atoms with Crippen molar-refractivity contribution in [3.63, 3.8) is 0 Å². The van der Waals surface area contributed by atoms with Crippen LogP contribution in [0.1, 0.15) is 39.0 Å². The van der Waals surface area contributed by atoms with Gasteiger partial charge in [0.05, 0.1) is 31.4 Å². The van der Waals surface area contributed by atoms with Crippen molar-refractivity contribution < 1.29 is 23.9 Å². The van der Waals surface area contributed by atoms with Crippen molar-refractivity contribution in [1.82, 2.24) is 14.8 Å². The minimum atomic E-state index is -0.449. The zero-order valence-electron chi connectivity index (χ0n) is 18.1. The number of amides is 2. The summed E-state index contributed by atoms with van der Waals surface area (Å²) in [5.41, 5.74) is 1.98. The molecule has 2 heterocycles. The van der Waals surface area contributed by atoms with E-state index in [1.807, 2.05) is 24.3 Å². The minimum absolute atomic E-state index is 0.0214. The maximum atomic E-state index is 12.8. The molecular weight excluding hydrogens is 398 g/mol. The van der Waals surface area contributed by atoms with Crippen molar-refractivity contribution in [2.24, 2.45) is 0 Å². The van der Waals surface area contributed by atoms with E-state index in [-0.39, 0.29) is 24.1 Å². The van der Waals surface area contributed by atoms with Crippen LogP contribution in [0.3, 0.4) is 0 Å². The molecule has 164 valence electrons. The number of hydrogen-bond acceptors (Lipinski definition) is 6. The number of ether oxygens (including phenoxy) is 2. The Labute approximate surface area is 181 Å². The number of aryl methyl sites for hydroxylation is 1. The number of piperazine rings is 1. The van der Waals surface area contributed by atoms with Gasteiger partial charge in [-0.3, -0.25) is 9.59 Å². The van der Waals surface area contributed by atoms with Gasteiger partial charge in [0.1, 0.15) is 11.4 Å². The van der Waals surface area contributed by atoms with Crippen LogP contribution in [-0.4, -0.2) is 72.5 Å². The second-order valence-corrected chi connectivity index (χ2v) is 7.25. The van der Waals surface area contributed by atoms with Crippen LogP contribution in [0.2, 0.25) is 0 Å². The molecule has 2 amide bonds. The Kier molecular flexibility index (Phi) is 7.23. The van der Waals surface area contributed by atoms with Gasteiger partial charge in [-0.05, 0) is 43.7 Å². The summed E-state index contributed by atoms with van der Waals surface area (Å²) >= 11 is 0. The molecule has 1 aromatic carbocycles. The van der Waals surface area contributed by atoms with Crippen LogP contribution in [0.15, 0.2) is 36.4 Å². The van der Waals surface area contributed by atoms with Crippen molar-refractivity contribution >= 4 is 17.8 Å². The van der Waals surface area contributed by atoms with Gasteiger partial charge in [0.25, 0.3) is 5.91 Å². The van der Waals surface area contributed by atoms with Crippen LogP contribution in [-0.2, 0) is 16.0 Å². The van der Waals surface area contributed by atoms with E-state index in [2.05, 4.69) is 4.98 Å². The molecule has 0 bridgehead atoms. The molecule has 8 heteroatoms. The van der Waals surface area contributed by atoms with Gasteiger partial charge in [0, 0.05) is 26.2 Å². The Morgan fingerprint density at radius 2 is 1.74 bits per heavy atom. The van der Waals surface area contributed by atoms with Gasteiger partial charge in [-0.1, -0.05) is 12.1 Å². The van der Waals surface area contributed by atoms with Crippen molar-refractivity contribution in [3.8, 4) is 5.75 Å². The predicted molar refractivity (Wildman–Crippen MR) is 114 cm³/mol. The molecule has 3 rings (SSSR count). The van der Waals surface area contributed by atoms with Gasteiger partial charge >= 0.3 is 5.97 Å². The van der Waals surface area contributed by atoms with E-state index in [9.17, 15) is 14.4 Å². The van der Waals surface area contributed by atoms with Crippen LogP contribution in [0, 0.1) is 6.92 Å². The Morgan fingerprint density at radius 3 is 2.39 bits per heavy atom. The third-order valence-corrected chi connectivity index (χ3v) is 5.21. The molecular formula is C23H27N3O5. The Morgan fingerprint density at radius 1 is 1.03 bits per heavy atom. The number of rotatable bonds is 6. The Balaban J connectivity index is 1.57. The Hall–Kier alpha value is -3.42. The lowest BCUT2D eigenvalue weighted by atomic mass is 10.1. The number of carbonyl (C=O) groups excluding carboxylic acids is 3. The number of hydrogen-bond donors (Lipinski definition) is 0. The fourth-order valence-electron chi connectivity index (χ4n) is 3.49. The molecule has 0 unspecified atom stereocenters. The number of methoxy groups -OCH3 is 1. The van der Waals surface area contributed by atoms with Crippen molar-refractivity contribution in [1.29, 1.82) is 0 Å². The van der Waals surface area contributed by atoms with E-state index in [4.69, 9.17) is 9.47 Å². The van der Waals surface area contributed by atoms with Gasteiger partial charge < -0.3 is 19.3 Å². The molecule has 8 nitrogen and oxygen atoms in total. The molecule has 1 fully saturated rings. The van der Waals surface area contributed by atoms with Crippen molar-refractivity contribution in [2.75, 3.05) is 39.9 Å². The largest absolute Gasteiger partial charge is 0.497 e. The summed E-state index contributed by atoms with van der Waals surface area (Å²) in [6, 6.07) is 10.6. The van der Waals surface area contributed by atoms with Gasteiger partial charge in [-0.2, -0.15) is 0 Å². The number of pyridine rings is 1. The van der Waals surface area contributed by atoms with Crippen LogP contribution in [0.25, 0.3) is 0 Å².